The van der Waals surface area contributed by atoms with Crippen LogP contribution in [0.25, 0.3) is 16.6 Å². The van der Waals surface area contributed by atoms with Crippen molar-refractivity contribution in [3.05, 3.63) is 59.1 Å². The summed E-state index contributed by atoms with van der Waals surface area (Å²) < 4.78 is 46.2. The number of rotatable bonds is 4. The van der Waals surface area contributed by atoms with Crippen LogP contribution in [0.4, 0.5) is 13.6 Å². The first-order valence-corrected chi connectivity index (χ1v) is 8.23. The first-order chi connectivity index (χ1) is 13.5. The highest BCUT2D eigenvalue weighted by Gasteiger charge is 2.26. The van der Waals surface area contributed by atoms with Crippen molar-refractivity contribution >= 4 is 22.8 Å². The fourth-order valence-corrected chi connectivity index (χ4v) is 2.89. The summed E-state index contributed by atoms with van der Waals surface area (Å²) in [5.41, 5.74) is -0.306. The Morgan fingerprint density at radius 2 is 2.18 bits per heavy atom. The van der Waals surface area contributed by atoms with Gasteiger partial charge in [-0.2, -0.15) is 4.39 Å². The van der Waals surface area contributed by atoms with Gasteiger partial charge in [0, 0.05) is 12.4 Å². The van der Waals surface area contributed by atoms with Crippen molar-refractivity contribution in [2.24, 2.45) is 0 Å². The normalized spacial score (nSPS) is 12.5. The van der Waals surface area contributed by atoms with Gasteiger partial charge in [-0.15, -0.1) is 0 Å². The summed E-state index contributed by atoms with van der Waals surface area (Å²) in [6.45, 7) is 1.87. The Morgan fingerprint density at radius 1 is 1.36 bits per heavy atom. The average molecular weight is 389 g/mol. The first-order valence-electron chi connectivity index (χ1n) is 8.23. The van der Waals surface area contributed by atoms with Crippen LogP contribution in [-0.2, 0) is 11.3 Å². The minimum Gasteiger partial charge on any atom is -0.458 e. The number of halogens is 2. The maximum atomic E-state index is 14.2. The maximum Gasteiger partial charge on any atom is 0.514 e. The number of carbonyl (C=O) groups is 1. The maximum absolute atomic E-state index is 14.2. The summed E-state index contributed by atoms with van der Waals surface area (Å²) in [5.74, 6) is -3.30. The molecule has 2 aromatic heterocycles. The number of nitrogens with zero attached hydrogens (tertiary/aromatic N) is 3. The first kappa shape index (κ1) is 17.7. The Balaban J connectivity index is 1.92. The van der Waals surface area contributed by atoms with Crippen LogP contribution in [-0.4, -0.2) is 26.9 Å². The van der Waals surface area contributed by atoms with E-state index >= 15 is 0 Å². The molecule has 0 spiro atoms. The van der Waals surface area contributed by atoms with Gasteiger partial charge in [0.1, 0.15) is 11.8 Å². The number of hydrogen-bond acceptors (Lipinski definition) is 6. The zero-order chi connectivity index (χ0) is 19.8. The number of imidazole rings is 1. The third-order valence-corrected chi connectivity index (χ3v) is 4.09. The second-order valence-electron chi connectivity index (χ2n) is 5.84. The van der Waals surface area contributed by atoms with E-state index in [-0.39, 0.29) is 29.8 Å². The van der Waals surface area contributed by atoms with Crippen molar-refractivity contribution in [1.29, 1.82) is 0 Å². The van der Waals surface area contributed by atoms with Gasteiger partial charge >= 0.3 is 6.16 Å². The number of carbonyl (C=O) groups excluding carboxylic acids is 1. The molecule has 0 unspecified atom stereocenters. The largest absolute Gasteiger partial charge is 0.514 e. The van der Waals surface area contributed by atoms with Gasteiger partial charge in [0.05, 0.1) is 36.8 Å². The molecule has 1 aromatic carbocycles. The number of pyridine rings is 1. The molecular formula is C18H13F2N3O5. The van der Waals surface area contributed by atoms with Crippen LogP contribution in [0.2, 0.25) is 0 Å². The van der Waals surface area contributed by atoms with Crippen molar-refractivity contribution in [2.75, 3.05) is 6.61 Å². The molecule has 0 bridgehead atoms. The lowest BCUT2D eigenvalue weighted by molar-refractivity contribution is 0.104. The van der Waals surface area contributed by atoms with E-state index in [0.717, 1.165) is 6.07 Å². The van der Waals surface area contributed by atoms with Crippen LogP contribution in [0.15, 0.2) is 42.0 Å². The summed E-state index contributed by atoms with van der Waals surface area (Å²) in [5, 5.41) is -0.202. The van der Waals surface area contributed by atoms with Gasteiger partial charge in [-0.1, -0.05) is 0 Å². The summed E-state index contributed by atoms with van der Waals surface area (Å²) in [7, 11) is 0. The minimum atomic E-state index is -1.26. The topological polar surface area (TPSA) is 84.6 Å². The monoisotopic (exact) mass is 389 g/mol. The molecule has 10 heteroatoms. The predicted molar refractivity (Wildman–Crippen MR) is 92.9 cm³/mol. The van der Waals surface area contributed by atoms with Crippen molar-refractivity contribution < 1.29 is 27.8 Å². The Morgan fingerprint density at radius 3 is 2.89 bits per heavy atom. The van der Waals surface area contributed by atoms with Crippen LogP contribution in [0, 0.1) is 11.6 Å². The molecule has 0 atom stereocenters. The van der Waals surface area contributed by atoms with Gasteiger partial charge in [-0.3, -0.25) is 4.79 Å². The molecule has 1 aliphatic heterocycles. The van der Waals surface area contributed by atoms with E-state index in [1.165, 1.54) is 17.0 Å². The van der Waals surface area contributed by atoms with Crippen molar-refractivity contribution in [2.45, 2.75) is 13.5 Å². The Bertz CT molecular complexity index is 1170. The Hall–Kier alpha value is -3.69. The van der Waals surface area contributed by atoms with E-state index in [1.54, 1.807) is 30.2 Å². The fourth-order valence-electron chi connectivity index (χ4n) is 2.89. The van der Waals surface area contributed by atoms with Gasteiger partial charge in [-0.05, 0) is 13.0 Å². The van der Waals surface area contributed by atoms with E-state index in [0.29, 0.717) is 5.70 Å². The lowest BCUT2D eigenvalue weighted by Gasteiger charge is -2.22. The van der Waals surface area contributed by atoms with Crippen LogP contribution in [0.1, 0.15) is 6.92 Å². The molecule has 0 saturated heterocycles. The molecule has 0 amide bonds. The van der Waals surface area contributed by atoms with Gasteiger partial charge in [-0.25, -0.2) is 14.2 Å². The Kier molecular flexibility index (Phi) is 4.30. The fraction of sp³-hybridized carbons (Fsp3) is 0.167. The SMILES string of the molecule is CCOC(=O)Oc1cn2c3c(c(F)c(F)cc3c1=O)OC=C2Cn1ccnc1. The van der Waals surface area contributed by atoms with Crippen LogP contribution >= 0.6 is 0 Å². The van der Waals surface area contributed by atoms with Gasteiger partial charge in [0.2, 0.25) is 11.2 Å². The molecule has 0 fully saturated rings. The van der Waals surface area contributed by atoms with Gasteiger partial charge in [0.25, 0.3) is 0 Å². The highest BCUT2D eigenvalue weighted by molar-refractivity contribution is 5.90. The molecule has 8 nitrogen and oxygen atoms in total. The molecule has 0 N–H and O–H groups in total. The standard InChI is InChI=1S/C18H13F2N3O5/c1-2-26-18(25)28-13-7-23-10(6-22-4-3-21-9-22)8-27-17-14(20)12(19)5-11(15(17)23)16(13)24/h3-5,7-9H,2,6H2,1H3. The summed E-state index contributed by atoms with van der Waals surface area (Å²) >= 11 is 0. The van der Waals surface area contributed by atoms with E-state index in [9.17, 15) is 18.4 Å². The van der Waals surface area contributed by atoms with E-state index in [1.807, 2.05) is 0 Å². The number of benzene rings is 1. The lowest BCUT2D eigenvalue weighted by atomic mass is 10.1. The van der Waals surface area contributed by atoms with Crippen molar-refractivity contribution in [3.63, 3.8) is 0 Å². The van der Waals surface area contributed by atoms with E-state index < -0.39 is 29.0 Å². The molecule has 4 rings (SSSR count). The molecule has 0 saturated carbocycles. The molecule has 3 aromatic rings. The third kappa shape index (κ3) is 2.88. The molecule has 0 radical (unpaired) electrons. The smallest absolute Gasteiger partial charge is 0.458 e. The van der Waals surface area contributed by atoms with Crippen molar-refractivity contribution in [3.8, 4) is 11.5 Å². The van der Waals surface area contributed by atoms with Gasteiger partial charge < -0.3 is 23.3 Å². The molecule has 0 aliphatic carbocycles. The second-order valence-corrected chi connectivity index (χ2v) is 5.84. The molecule has 28 heavy (non-hydrogen) atoms. The number of hydrogen-bond donors (Lipinski definition) is 0. The molecular weight excluding hydrogens is 376 g/mol. The predicted octanol–water partition coefficient (Wildman–Crippen LogP) is 2.90. The third-order valence-electron chi connectivity index (χ3n) is 4.09. The quantitative estimate of drug-likeness (QED) is 0.638. The number of allylic oxidation sites excluding steroid dienone is 1. The summed E-state index contributed by atoms with van der Waals surface area (Å²) in [6, 6.07) is 0.745. The Labute approximate surface area is 156 Å². The minimum absolute atomic E-state index is 0.0257. The number of aromatic nitrogens is 3. The molecule has 144 valence electrons. The van der Waals surface area contributed by atoms with E-state index in [4.69, 9.17) is 9.47 Å². The number of ether oxygens (including phenoxy) is 3. The second kappa shape index (κ2) is 6.80. The van der Waals surface area contributed by atoms with E-state index in [2.05, 4.69) is 9.72 Å². The van der Waals surface area contributed by atoms with Crippen LogP contribution in [0.5, 0.6) is 11.5 Å². The van der Waals surface area contributed by atoms with Crippen LogP contribution in [0.3, 0.4) is 0 Å². The summed E-state index contributed by atoms with van der Waals surface area (Å²) in [4.78, 5) is 28.3. The molecule has 3 heterocycles. The zero-order valence-electron chi connectivity index (χ0n) is 14.5. The van der Waals surface area contributed by atoms with Gasteiger partial charge in [0.15, 0.2) is 17.3 Å². The van der Waals surface area contributed by atoms with Crippen molar-refractivity contribution in [1.82, 2.24) is 14.1 Å². The molecule has 1 aliphatic rings. The highest BCUT2D eigenvalue weighted by Crippen LogP contribution is 2.36. The average Bonchev–Trinajstić information content (AvgIpc) is 3.17. The zero-order valence-corrected chi connectivity index (χ0v) is 14.5. The highest BCUT2D eigenvalue weighted by atomic mass is 19.2. The summed E-state index contributed by atoms with van der Waals surface area (Å²) in [6.07, 6.45) is 6.18. The van der Waals surface area contributed by atoms with Crippen LogP contribution < -0.4 is 14.9 Å². The lowest BCUT2D eigenvalue weighted by Crippen LogP contribution is -2.21.